The lowest BCUT2D eigenvalue weighted by atomic mass is 10.2. The molecule has 0 saturated heterocycles. The van der Waals surface area contributed by atoms with E-state index < -0.39 is 5.56 Å². The van der Waals surface area contributed by atoms with Crippen LogP contribution in [0.1, 0.15) is 32.3 Å². The first kappa shape index (κ1) is 16.9. The molecule has 0 aromatic carbocycles. The smallest absolute Gasteiger partial charge is 0.330 e. The summed E-state index contributed by atoms with van der Waals surface area (Å²) in [6.45, 7) is 5.34. The van der Waals surface area contributed by atoms with E-state index in [1.54, 1.807) is 11.9 Å². The predicted molar refractivity (Wildman–Crippen MR) is 83.1 cm³/mol. The van der Waals surface area contributed by atoms with E-state index in [1.165, 1.54) is 30.0 Å². The molecule has 0 aliphatic carbocycles. The van der Waals surface area contributed by atoms with Gasteiger partial charge in [-0.1, -0.05) is 13.3 Å². The summed E-state index contributed by atoms with van der Waals surface area (Å²) in [5.41, 5.74) is -0.472. The molecule has 0 bridgehead atoms. The molecule has 0 aliphatic heterocycles. The second kappa shape index (κ2) is 7.61. The first-order chi connectivity index (χ1) is 9.92. The third-order valence-corrected chi connectivity index (χ3v) is 3.35. The summed E-state index contributed by atoms with van der Waals surface area (Å²) in [5.74, 6) is -0.123. The number of hydrogen-bond donors (Lipinski definition) is 0. The van der Waals surface area contributed by atoms with Gasteiger partial charge in [0, 0.05) is 39.5 Å². The van der Waals surface area contributed by atoms with Gasteiger partial charge in [0.05, 0.1) is 5.56 Å². The Morgan fingerprint density at radius 2 is 1.95 bits per heavy atom. The number of aryl methyl sites for hydroxylation is 1. The number of rotatable bonds is 6. The molecule has 21 heavy (non-hydrogen) atoms. The van der Waals surface area contributed by atoms with Gasteiger partial charge in [0.2, 0.25) is 5.91 Å². The fourth-order valence-electron chi connectivity index (χ4n) is 1.99. The fraction of sp³-hybridized carbons (Fsp3) is 0.533. The largest absolute Gasteiger partial charge is 0.339 e. The number of unbranched alkanes of at least 4 members (excludes halogenated alkanes) is 1. The molecular formula is C15H23N3O3. The third kappa shape index (κ3) is 4.18. The first-order valence-corrected chi connectivity index (χ1v) is 7.16. The maximum atomic E-state index is 12.1. The number of likely N-dealkylation sites (N-methyl/N-ethyl adjacent to an activating group) is 1. The summed E-state index contributed by atoms with van der Waals surface area (Å²) >= 11 is 0. The molecule has 1 heterocycles. The van der Waals surface area contributed by atoms with E-state index >= 15 is 0 Å². The number of aromatic nitrogens is 2. The Hall–Kier alpha value is -2.11. The molecule has 6 nitrogen and oxygen atoms in total. The van der Waals surface area contributed by atoms with Crippen molar-refractivity contribution in [2.24, 2.45) is 14.1 Å². The molecule has 0 N–H and O–H groups in total. The first-order valence-electron chi connectivity index (χ1n) is 7.16. The minimum absolute atomic E-state index is 0.123. The molecule has 1 amide bonds. The Kier molecular flexibility index (Phi) is 6.14. The molecule has 0 aliphatic rings. The molecule has 1 rings (SSSR count). The SMILES string of the molecule is CCCCN(CC)C(=O)/C=C/c1cn(C)c(=O)n(C)c1=O. The Morgan fingerprint density at radius 1 is 1.29 bits per heavy atom. The number of amides is 1. The van der Waals surface area contributed by atoms with Gasteiger partial charge in [0.15, 0.2) is 0 Å². The lowest BCUT2D eigenvalue weighted by Crippen LogP contribution is -2.37. The van der Waals surface area contributed by atoms with Crippen molar-refractivity contribution in [1.29, 1.82) is 0 Å². The Labute approximate surface area is 124 Å². The second-order valence-electron chi connectivity index (χ2n) is 4.95. The molecule has 0 radical (unpaired) electrons. The Bertz CT molecular complexity index is 641. The summed E-state index contributed by atoms with van der Waals surface area (Å²) in [4.78, 5) is 37.3. The number of carbonyl (C=O) groups excluding carboxylic acids is 1. The molecule has 6 heteroatoms. The third-order valence-electron chi connectivity index (χ3n) is 3.35. The van der Waals surface area contributed by atoms with Gasteiger partial charge >= 0.3 is 5.69 Å². The Balaban J connectivity index is 2.98. The lowest BCUT2D eigenvalue weighted by molar-refractivity contribution is -0.125. The van der Waals surface area contributed by atoms with Gasteiger partial charge in [-0.25, -0.2) is 4.79 Å². The number of carbonyl (C=O) groups is 1. The van der Waals surface area contributed by atoms with E-state index in [0.29, 0.717) is 18.7 Å². The number of nitrogens with zero attached hydrogens (tertiary/aromatic N) is 3. The van der Waals surface area contributed by atoms with Crippen LogP contribution in [0.25, 0.3) is 6.08 Å². The second-order valence-corrected chi connectivity index (χ2v) is 4.95. The average molecular weight is 293 g/mol. The highest BCUT2D eigenvalue weighted by Crippen LogP contribution is 1.99. The van der Waals surface area contributed by atoms with E-state index in [2.05, 4.69) is 6.92 Å². The molecule has 1 aromatic heterocycles. The summed E-state index contributed by atoms with van der Waals surface area (Å²) in [7, 11) is 2.99. The van der Waals surface area contributed by atoms with Gasteiger partial charge in [-0.2, -0.15) is 0 Å². The zero-order chi connectivity index (χ0) is 16.0. The standard InChI is InChI=1S/C15H23N3O3/c1-5-7-10-18(6-2)13(19)9-8-12-11-16(3)15(21)17(4)14(12)20/h8-9,11H,5-7,10H2,1-4H3/b9-8+. The highest BCUT2D eigenvalue weighted by Gasteiger charge is 2.08. The lowest BCUT2D eigenvalue weighted by Gasteiger charge is -2.18. The molecule has 0 unspecified atom stereocenters. The van der Waals surface area contributed by atoms with Gasteiger partial charge in [-0.05, 0) is 19.4 Å². The van der Waals surface area contributed by atoms with Crippen molar-refractivity contribution in [2.45, 2.75) is 26.7 Å². The maximum absolute atomic E-state index is 12.1. The molecule has 0 spiro atoms. The van der Waals surface area contributed by atoms with Gasteiger partial charge in [-0.15, -0.1) is 0 Å². The molecule has 0 fully saturated rings. The minimum atomic E-state index is -0.404. The summed E-state index contributed by atoms with van der Waals surface area (Å²) in [6, 6.07) is 0. The van der Waals surface area contributed by atoms with E-state index in [1.807, 2.05) is 6.92 Å². The van der Waals surface area contributed by atoms with Crippen molar-refractivity contribution in [2.75, 3.05) is 13.1 Å². The van der Waals surface area contributed by atoms with Crippen molar-refractivity contribution < 1.29 is 4.79 Å². The van der Waals surface area contributed by atoms with E-state index in [-0.39, 0.29) is 11.6 Å². The number of hydrogen-bond acceptors (Lipinski definition) is 3. The van der Waals surface area contributed by atoms with Gasteiger partial charge in [0.25, 0.3) is 5.56 Å². The van der Waals surface area contributed by atoms with Crippen molar-refractivity contribution in [1.82, 2.24) is 14.0 Å². The van der Waals surface area contributed by atoms with Gasteiger partial charge < -0.3 is 9.47 Å². The zero-order valence-corrected chi connectivity index (χ0v) is 13.1. The van der Waals surface area contributed by atoms with Crippen LogP contribution in [0, 0.1) is 0 Å². The summed E-state index contributed by atoms with van der Waals surface area (Å²) in [6.07, 6.45) is 6.28. The van der Waals surface area contributed by atoms with Crippen LogP contribution in [0.4, 0.5) is 0 Å². The van der Waals surface area contributed by atoms with E-state index in [4.69, 9.17) is 0 Å². The van der Waals surface area contributed by atoms with Crippen molar-refractivity contribution in [3.8, 4) is 0 Å². The van der Waals surface area contributed by atoms with Crippen LogP contribution in [0.2, 0.25) is 0 Å². The average Bonchev–Trinajstić information content (AvgIpc) is 2.48. The highest BCUT2D eigenvalue weighted by molar-refractivity contribution is 5.91. The molecular weight excluding hydrogens is 270 g/mol. The Morgan fingerprint density at radius 3 is 2.52 bits per heavy atom. The highest BCUT2D eigenvalue weighted by atomic mass is 16.2. The fourth-order valence-corrected chi connectivity index (χ4v) is 1.99. The summed E-state index contributed by atoms with van der Waals surface area (Å²) < 4.78 is 2.35. The summed E-state index contributed by atoms with van der Waals surface area (Å²) in [5, 5.41) is 0. The van der Waals surface area contributed by atoms with Crippen LogP contribution >= 0.6 is 0 Å². The quantitative estimate of drug-likeness (QED) is 0.727. The van der Waals surface area contributed by atoms with Crippen molar-refractivity contribution in [3.63, 3.8) is 0 Å². The van der Waals surface area contributed by atoms with Crippen molar-refractivity contribution in [3.05, 3.63) is 38.7 Å². The van der Waals surface area contributed by atoms with E-state index in [9.17, 15) is 14.4 Å². The molecule has 0 saturated carbocycles. The normalized spacial score (nSPS) is 11.0. The predicted octanol–water partition coefficient (Wildman–Crippen LogP) is 0.746. The van der Waals surface area contributed by atoms with Crippen LogP contribution in [0.5, 0.6) is 0 Å². The monoisotopic (exact) mass is 293 g/mol. The zero-order valence-electron chi connectivity index (χ0n) is 13.1. The molecule has 1 aromatic rings. The maximum Gasteiger partial charge on any atom is 0.330 e. The van der Waals surface area contributed by atoms with Crippen LogP contribution < -0.4 is 11.2 Å². The van der Waals surface area contributed by atoms with Gasteiger partial charge in [0.1, 0.15) is 0 Å². The van der Waals surface area contributed by atoms with Crippen LogP contribution in [-0.2, 0) is 18.9 Å². The van der Waals surface area contributed by atoms with Gasteiger partial charge in [-0.3, -0.25) is 14.2 Å². The van der Waals surface area contributed by atoms with Crippen LogP contribution in [0.15, 0.2) is 21.9 Å². The van der Waals surface area contributed by atoms with E-state index in [0.717, 1.165) is 17.4 Å². The minimum Gasteiger partial charge on any atom is -0.339 e. The molecule has 116 valence electrons. The topological polar surface area (TPSA) is 64.3 Å². The van der Waals surface area contributed by atoms with Crippen LogP contribution in [-0.4, -0.2) is 33.0 Å². The van der Waals surface area contributed by atoms with Crippen LogP contribution in [0.3, 0.4) is 0 Å². The van der Waals surface area contributed by atoms with Crippen molar-refractivity contribution >= 4 is 12.0 Å². The molecule has 0 atom stereocenters.